The smallest absolute Gasteiger partial charge is 0.240 e. The molecule has 0 saturated carbocycles. The minimum Gasteiger partial charge on any atom is -0.338 e. The molecule has 3 rings (SSSR count). The molecule has 2 aromatic rings. The van der Waals surface area contributed by atoms with E-state index < -0.39 is 0 Å². The molecule has 24 heavy (non-hydrogen) atoms. The maximum atomic E-state index is 13.5. The van der Waals surface area contributed by atoms with Crippen LogP contribution in [-0.2, 0) is 4.79 Å². The summed E-state index contributed by atoms with van der Waals surface area (Å²) in [6, 6.07) is 8.13. The van der Waals surface area contributed by atoms with Gasteiger partial charge in [0.05, 0.1) is 12.2 Å². The van der Waals surface area contributed by atoms with E-state index >= 15 is 0 Å². The van der Waals surface area contributed by atoms with Crippen LogP contribution >= 0.6 is 12.4 Å². The SMILES string of the molecule is Cc1cc(NC(=O)CN2CCNCC2c2cccc(F)c2)on1.Cl. The molecule has 0 aliphatic carbocycles. The lowest BCUT2D eigenvalue weighted by atomic mass is 10.0. The molecule has 1 saturated heterocycles. The van der Waals surface area contributed by atoms with Crippen LogP contribution in [-0.4, -0.2) is 42.1 Å². The number of aryl methyl sites for hydroxylation is 1. The van der Waals surface area contributed by atoms with Crippen molar-refractivity contribution in [2.75, 3.05) is 31.5 Å². The molecule has 1 fully saturated rings. The van der Waals surface area contributed by atoms with E-state index in [2.05, 4.69) is 15.8 Å². The lowest BCUT2D eigenvalue weighted by molar-refractivity contribution is -0.118. The molecule has 6 nitrogen and oxygen atoms in total. The third-order valence-corrected chi connectivity index (χ3v) is 3.82. The van der Waals surface area contributed by atoms with E-state index in [0.717, 1.165) is 12.1 Å². The molecular formula is C16H20ClFN4O2. The normalized spacial score (nSPS) is 18.0. The summed E-state index contributed by atoms with van der Waals surface area (Å²) in [5.74, 6) is -0.107. The predicted octanol–water partition coefficient (Wildman–Crippen LogP) is 2.13. The lowest BCUT2D eigenvalue weighted by Gasteiger charge is -2.35. The minimum absolute atomic E-state index is 0. The van der Waals surface area contributed by atoms with Crippen LogP contribution < -0.4 is 10.6 Å². The van der Waals surface area contributed by atoms with Crippen molar-refractivity contribution in [3.05, 3.63) is 47.4 Å². The Hall–Kier alpha value is -1.96. The average molecular weight is 355 g/mol. The van der Waals surface area contributed by atoms with Crippen molar-refractivity contribution in [1.82, 2.24) is 15.4 Å². The Kier molecular flexibility index (Phi) is 6.30. The van der Waals surface area contributed by atoms with Gasteiger partial charge in [-0.05, 0) is 24.6 Å². The van der Waals surface area contributed by atoms with E-state index in [0.29, 0.717) is 24.7 Å². The molecule has 1 aliphatic rings. The van der Waals surface area contributed by atoms with Crippen LogP contribution in [0.3, 0.4) is 0 Å². The van der Waals surface area contributed by atoms with Crippen LogP contribution in [0.25, 0.3) is 0 Å². The highest BCUT2D eigenvalue weighted by atomic mass is 35.5. The first-order chi connectivity index (χ1) is 11.1. The first-order valence-electron chi connectivity index (χ1n) is 7.55. The number of hydrogen-bond acceptors (Lipinski definition) is 5. The fourth-order valence-electron chi connectivity index (χ4n) is 2.76. The van der Waals surface area contributed by atoms with Crippen LogP contribution in [0.1, 0.15) is 17.3 Å². The summed E-state index contributed by atoms with van der Waals surface area (Å²) in [6.45, 7) is 4.18. The van der Waals surface area contributed by atoms with Gasteiger partial charge in [0.2, 0.25) is 11.8 Å². The average Bonchev–Trinajstić information content (AvgIpc) is 2.92. The fraction of sp³-hybridized carbons (Fsp3) is 0.375. The monoisotopic (exact) mass is 354 g/mol. The van der Waals surface area contributed by atoms with E-state index in [-0.39, 0.29) is 36.7 Å². The van der Waals surface area contributed by atoms with Crippen molar-refractivity contribution in [3.8, 4) is 0 Å². The number of piperazine rings is 1. The molecule has 1 atom stereocenters. The van der Waals surface area contributed by atoms with Gasteiger partial charge in [0, 0.05) is 31.7 Å². The topological polar surface area (TPSA) is 70.4 Å². The van der Waals surface area contributed by atoms with Crippen molar-refractivity contribution in [2.45, 2.75) is 13.0 Å². The Morgan fingerprint density at radius 3 is 3.04 bits per heavy atom. The highest BCUT2D eigenvalue weighted by Crippen LogP contribution is 2.22. The van der Waals surface area contributed by atoms with E-state index in [1.54, 1.807) is 19.1 Å². The maximum absolute atomic E-state index is 13.5. The van der Waals surface area contributed by atoms with Crippen molar-refractivity contribution in [1.29, 1.82) is 0 Å². The second kappa shape index (κ2) is 8.23. The number of anilines is 1. The van der Waals surface area contributed by atoms with E-state index in [1.807, 2.05) is 11.0 Å². The number of hydrogen-bond donors (Lipinski definition) is 2. The van der Waals surface area contributed by atoms with Gasteiger partial charge >= 0.3 is 0 Å². The Morgan fingerprint density at radius 2 is 2.33 bits per heavy atom. The third-order valence-electron chi connectivity index (χ3n) is 3.82. The molecule has 2 heterocycles. The van der Waals surface area contributed by atoms with Crippen LogP contribution in [0.5, 0.6) is 0 Å². The molecule has 0 bridgehead atoms. The maximum Gasteiger partial charge on any atom is 0.240 e. The van der Waals surface area contributed by atoms with Gasteiger partial charge in [-0.3, -0.25) is 15.0 Å². The third kappa shape index (κ3) is 4.53. The quantitative estimate of drug-likeness (QED) is 0.880. The van der Waals surface area contributed by atoms with Gasteiger partial charge in [-0.25, -0.2) is 4.39 Å². The first kappa shape index (κ1) is 18.4. The number of rotatable bonds is 4. The van der Waals surface area contributed by atoms with E-state index in [4.69, 9.17) is 4.52 Å². The highest BCUT2D eigenvalue weighted by Gasteiger charge is 2.26. The zero-order valence-corrected chi connectivity index (χ0v) is 14.1. The van der Waals surface area contributed by atoms with Crippen molar-refractivity contribution in [2.24, 2.45) is 0 Å². The number of halogens is 2. The Morgan fingerprint density at radius 1 is 1.50 bits per heavy atom. The van der Waals surface area contributed by atoms with Crippen molar-refractivity contribution in [3.63, 3.8) is 0 Å². The largest absolute Gasteiger partial charge is 0.338 e. The van der Waals surface area contributed by atoms with Gasteiger partial charge in [-0.2, -0.15) is 0 Å². The number of carbonyl (C=O) groups is 1. The Balaban J connectivity index is 0.00000208. The van der Waals surface area contributed by atoms with Crippen LogP contribution in [0, 0.1) is 12.7 Å². The first-order valence-corrected chi connectivity index (χ1v) is 7.55. The highest BCUT2D eigenvalue weighted by molar-refractivity contribution is 5.91. The molecule has 1 amide bonds. The molecule has 8 heteroatoms. The molecular weight excluding hydrogens is 335 g/mol. The molecule has 0 spiro atoms. The molecule has 130 valence electrons. The summed E-state index contributed by atoms with van der Waals surface area (Å²) in [6.07, 6.45) is 0. The summed E-state index contributed by atoms with van der Waals surface area (Å²) < 4.78 is 18.5. The Bertz CT molecular complexity index is 694. The van der Waals surface area contributed by atoms with Gasteiger partial charge in [0.25, 0.3) is 0 Å². The standard InChI is InChI=1S/C16H19FN4O2.ClH/c1-11-7-16(23-20-11)19-15(22)10-21-6-5-18-9-14(21)12-3-2-4-13(17)8-12;/h2-4,7-8,14,18H,5-6,9-10H2,1H3,(H,19,22);1H. The van der Waals surface area contributed by atoms with Crippen molar-refractivity contribution >= 4 is 24.2 Å². The fourth-order valence-corrected chi connectivity index (χ4v) is 2.76. The summed E-state index contributed by atoms with van der Waals surface area (Å²) in [5.41, 5.74) is 1.57. The zero-order chi connectivity index (χ0) is 16.2. The van der Waals surface area contributed by atoms with Gasteiger partial charge < -0.3 is 9.84 Å². The van der Waals surface area contributed by atoms with E-state index in [1.165, 1.54) is 12.1 Å². The zero-order valence-electron chi connectivity index (χ0n) is 13.3. The van der Waals surface area contributed by atoms with Crippen molar-refractivity contribution < 1.29 is 13.7 Å². The molecule has 1 aromatic carbocycles. The summed E-state index contributed by atoms with van der Waals surface area (Å²) in [7, 11) is 0. The summed E-state index contributed by atoms with van der Waals surface area (Å²) >= 11 is 0. The molecule has 1 aliphatic heterocycles. The number of carbonyl (C=O) groups excluding carboxylic acids is 1. The number of benzene rings is 1. The van der Waals surface area contributed by atoms with Gasteiger partial charge in [0.1, 0.15) is 5.82 Å². The van der Waals surface area contributed by atoms with Crippen LogP contribution in [0.4, 0.5) is 10.3 Å². The predicted molar refractivity (Wildman–Crippen MR) is 90.7 cm³/mol. The second-order valence-corrected chi connectivity index (χ2v) is 5.63. The van der Waals surface area contributed by atoms with Gasteiger partial charge in [-0.1, -0.05) is 17.3 Å². The second-order valence-electron chi connectivity index (χ2n) is 5.63. The summed E-state index contributed by atoms with van der Waals surface area (Å²) in [5, 5.41) is 9.71. The van der Waals surface area contributed by atoms with Gasteiger partial charge in [-0.15, -0.1) is 12.4 Å². The molecule has 1 unspecified atom stereocenters. The number of amides is 1. The number of nitrogens with one attached hydrogen (secondary N) is 2. The van der Waals surface area contributed by atoms with Crippen LogP contribution in [0.2, 0.25) is 0 Å². The molecule has 2 N–H and O–H groups in total. The minimum atomic E-state index is -0.269. The Labute approximate surface area is 145 Å². The summed E-state index contributed by atoms with van der Waals surface area (Å²) in [4.78, 5) is 14.2. The van der Waals surface area contributed by atoms with Gasteiger partial charge in [0.15, 0.2) is 0 Å². The number of aromatic nitrogens is 1. The molecule has 0 radical (unpaired) electrons. The lowest BCUT2D eigenvalue weighted by Crippen LogP contribution is -2.48. The van der Waals surface area contributed by atoms with Crippen LogP contribution in [0.15, 0.2) is 34.9 Å². The van der Waals surface area contributed by atoms with E-state index in [9.17, 15) is 9.18 Å². The number of nitrogens with zero attached hydrogens (tertiary/aromatic N) is 2. The molecule has 1 aromatic heterocycles.